The monoisotopic (exact) mass is 295 g/mol. The third kappa shape index (κ3) is 3.76. The molecule has 3 rings (SSSR count). The van der Waals surface area contributed by atoms with Gasteiger partial charge in [0.25, 0.3) is 0 Å². The molecule has 2 heteroatoms. The molecule has 1 saturated heterocycles. The summed E-state index contributed by atoms with van der Waals surface area (Å²) >= 11 is 0. The Balaban J connectivity index is 1.56. The lowest BCUT2D eigenvalue weighted by molar-refractivity contribution is 0.0877. The highest BCUT2D eigenvalue weighted by molar-refractivity contribution is 5.28. The zero-order valence-electron chi connectivity index (χ0n) is 13.5. The summed E-state index contributed by atoms with van der Waals surface area (Å²) in [6.07, 6.45) is 0. The maximum absolute atomic E-state index is 6.03. The van der Waals surface area contributed by atoms with Gasteiger partial charge >= 0.3 is 0 Å². The quantitative estimate of drug-likeness (QED) is 0.905. The number of aryl methyl sites for hydroxylation is 2. The topological polar surface area (TPSA) is 21.3 Å². The van der Waals surface area contributed by atoms with Crippen LogP contribution in [0.15, 0.2) is 48.5 Å². The largest absolute Gasteiger partial charge is 0.376 e. The Morgan fingerprint density at radius 3 is 2.45 bits per heavy atom. The summed E-state index contributed by atoms with van der Waals surface area (Å²) in [6, 6.07) is 17.4. The molecule has 0 radical (unpaired) electrons. The molecule has 0 saturated carbocycles. The van der Waals surface area contributed by atoms with Crippen LogP contribution in [0, 0.1) is 19.8 Å². The summed E-state index contributed by atoms with van der Waals surface area (Å²) in [7, 11) is 0. The van der Waals surface area contributed by atoms with Gasteiger partial charge in [0.2, 0.25) is 0 Å². The van der Waals surface area contributed by atoms with Crippen molar-refractivity contribution < 1.29 is 4.74 Å². The van der Waals surface area contributed by atoms with Crippen LogP contribution < -0.4 is 5.32 Å². The predicted molar refractivity (Wildman–Crippen MR) is 91.1 cm³/mol. The van der Waals surface area contributed by atoms with Gasteiger partial charge < -0.3 is 10.1 Å². The summed E-state index contributed by atoms with van der Waals surface area (Å²) in [5, 5.41) is 3.51. The van der Waals surface area contributed by atoms with Crippen LogP contribution in [0.4, 0.5) is 0 Å². The molecule has 2 aromatic rings. The SMILES string of the molecule is Cc1cc(C)cc(COCC2CNCC2c2ccccc2)c1. The first-order chi connectivity index (χ1) is 10.7. The first-order valence-corrected chi connectivity index (χ1v) is 8.13. The molecule has 1 heterocycles. The molecule has 0 spiro atoms. The predicted octanol–water partition coefficient (Wildman–Crippen LogP) is 3.82. The van der Waals surface area contributed by atoms with Gasteiger partial charge in [-0.15, -0.1) is 0 Å². The highest BCUT2D eigenvalue weighted by atomic mass is 16.5. The molecule has 22 heavy (non-hydrogen) atoms. The van der Waals surface area contributed by atoms with Crippen LogP contribution in [0.1, 0.15) is 28.2 Å². The third-order valence-corrected chi connectivity index (χ3v) is 4.45. The Hall–Kier alpha value is -1.64. The van der Waals surface area contributed by atoms with E-state index < -0.39 is 0 Å². The molecule has 116 valence electrons. The van der Waals surface area contributed by atoms with Crippen molar-refractivity contribution in [1.82, 2.24) is 5.32 Å². The van der Waals surface area contributed by atoms with Crippen LogP contribution in [0.3, 0.4) is 0 Å². The second-order valence-corrected chi connectivity index (χ2v) is 6.45. The minimum absolute atomic E-state index is 0.563. The molecule has 0 amide bonds. The minimum atomic E-state index is 0.563. The number of hydrogen-bond acceptors (Lipinski definition) is 2. The molecule has 2 aromatic carbocycles. The van der Waals surface area contributed by atoms with Gasteiger partial charge in [-0.1, -0.05) is 59.7 Å². The maximum Gasteiger partial charge on any atom is 0.0717 e. The van der Waals surface area contributed by atoms with Crippen molar-refractivity contribution in [2.45, 2.75) is 26.4 Å². The van der Waals surface area contributed by atoms with Crippen LogP contribution >= 0.6 is 0 Å². The van der Waals surface area contributed by atoms with E-state index in [1.54, 1.807) is 0 Å². The smallest absolute Gasteiger partial charge is 0.0717 e. The van der Waals surface area contributed by atoms with Crippen LogP contribution in [0.25, 0.3) is 0 Å². The van der Waals surface area contributed by atoms with Crippen molar-refractivity contribution in [1.29, 1.82) is 0 Å². The van der Waals surface area contributed by atoms with Gasteiger partial charge in [-0.25, -0.2) is 0 Å². The average Bonchev–Trinajstić information content (AvgIpc) is 2.96. The second-order valence-electron chi connectivity index (χ2n) is 6.45. The Morgan fingerprint density at radius 2 is 1.73 bits per heavy atom. The van der Waals surface area contributed by atoms with Gasteiger partial charge in [0, 0.05) is 24.9 Å². The fraction of sp³-hybridized carbons (Fsp3) is 0.400. The number of rotatable bonds is 5. The van der Waals surface area contributed by atoms with Crippen molar-refractivity contribution in [3.05, 3.63) is 70.8 Å². The van der Waals surface area contributed by atoms with Gasteiger partial charge in [-0.2, -0.15) is 0 Å². The first-order valence-electron chi connectivity index (χ1n) is 8.13. The molecule has 1 aliphatic heterocycles. The molecular formula is C20H25NO. The number of benzene rings is 2. The number of nitrogens with one attached hydrogen (secondary N) is 1. The Morgan fingerprint density at radius 1 is 1.00 bits per heavy atom. The third-order valence-electron chi connectivity index (χ3n) is 4.45. The average molecular weight is 295 g/mol. The summed E-state index contributed by atoms with van der Waals surface area (Å²) in [4.78, 5) is 0. The second kappa shape index (κ2) is 7.08. The standard InChI is InChI=1S/C20H25NO/c1-15-8-16(2)10-17(9-15)13-22-14-19-11-21-12-20(19)18-6-4-3-5-7-18/h3-10,19-21H,11-14H2,1-2H3. The molecule has 1 aliphatic rings. The van der Waals surface area contributed by atoms with Crippen LogP contribution in [0.5, 0.6) is 0 Å². The molecule has 0 aliphatic carbocycles. The molecule has 0 aromatic heterocycles. The molecule has 2 unspecified atom stereocenters. The van der Waals surface area contributed by atoms with Crippen molar-refractivity contribution in [2.24, 2.45) is 5.92 Å². The number of hydrogen-bond donors (Lipinski definition) is 1. The van der Waals surface area contributed by atoms with Gasteiger partial charge in [-0.05, 0) is 25.0 Å². The van der Waals surface area contributed by atoms with Crippen LogP contribution in [-0.4, -0.2) is 19.7 Å². The number of ether oxygens (including phenoxy) is 1. The van der Waals surface area contributed by atoms with Gasteiger partial charge in [-0.3, -0.25) is 0 Å². The lowest BCUT2D eigenvalue weighted by Crippen LogP contribution is -2.17. The fourth-order valence-electron chi connectivity index (χ4n) is 3.48. The van der Waals surface area contributed by atoms with E-state index >= 15 is 0 Å². The molecule has 1 N–H and O–H groups in total. The van der Waals surface area contributed by atoms with Crippen molar-refractivity contribution in [3.8, 4) is 0 Å². The highest BCUT2D eigenvalue weighted by Crippen LogP contribution is 2.28. The lowest BCUT2D eigenvalue weighted by Gasteiger charge is -2.19. The highest BCUT2D eigenvalue weighted by Gasteiger charge is 2.28. The maximum atomic E-state index is 6.03. The van der Waals surface area contributed by atoms with E-state index in [-0.39, 0.29) is 0 Å². The molecule has 1 fully saturated rings. The summed E-state index contributed by atoms with van der Waals surface area (Å²) in [5.41, 5.74) is 5.32. The zero-order chi connectivity index (χ0) is 15.4. The van der Waals surface area contributed by atoms with E-state index in [0.717, 1.165) is 19.7 Å². The van der Waals surface area contributed by atoms with E-state index in [4.69, 9.17) is 4.74 Å². The first kappa shape index (κ1) is 15.3. The Labute approximate surface area is 133 Å². The van der Waals surface area contributed by atoms with E-state index in [1.165, 1.54) is 22.3 Å². The van der Waals surface area contributed by atoms with Crippen LogP contribution in [-0.2, 0) is 11.3 Å². The Kier molecular flexibility index (Phi) is 4.91. The molecule has 0 bridgehead atoms. The zero-order valence-corrected chi connectivity index (χ0v) is 13.5. The summed E-state index contributed by atoms with van der Waals surface area (Å²) < 4.78 is 6.03. The van der Waals surface area contributed by atoms with E-state index in [0.29, 0.717) is 18.4 Å². The lowest BCUT2D eigenvalue weighted by atomic mass is 9.89. The minimum Gasteiger partial charge on any atom is -0.376 e. The van der Waals surface area contributed by atoms with Crippen molar-refractivity contribution in [2.75, 3.05) is 19.7 Å². The van der Waals surface area contributed by atoms with Gasteiger partial charge in [0.15, 0.2) is 0 Å². The van der Waals surface area contributed by atoms with Gasteiger partial charge in [0.05, 0.1) is 13.2 Å². The van der Waals surface area contributed by atoms with Gasteiger partial charge in [0.1, 0.15) is 0 Å². The summed E-state index contributed by atoms with van der Waals surface area (Å²) in [5.74, 6) is 1.13. The van der Waals surface area contributed by atoms with E-state index in [1.807, 2.05) is 0 Å². The van der Waals surface area contributed by atoms with E-state index in [9.17, 15) is 0 Å². The fourth-order valence-corrected chi connectivity index (χ4v) is 3.48. The molecular weight excluding hydrogens is 270 g/mol. The van der Waals surface area contributed by atoms with E-state index in [2.05, 4.69) is 67.7 Å². The van der Waals surface area contributed by atoms with Crippen molar-refractivity contribution in [3.63, 3.8) is 0 Å². The Bertz CT molecular complexity index is 588. The summed E-state index contributed by atoms with van der Waals surface area (Å²) in [6.45, 7) is 7.92. The van der Waals surface area contributed by atoms with Crippen molar-refractivity contribution >= 4 is 0 Å². The normalized spacial score (nSPS) is 21.2. The molecule has 2 atom stereocenters. The van der Waals surface area contributed by atoms with Crippen LogP contribution in [0.2, 0.25) is 0 Å². The molecule has 2 nitrogen and oxygen atoms in total.